The molecule has 3 unspecified atom stereocenters. The minimum absolute atomic E-state index is 0.211. The first-order valence-electron chi connectivity index (χ1n) is 23.8. The molecule has 12 heteroatoms. The lowest BCUT2D eigenvalue weighted by Gasteiger charge is -2.33. The zero-order valence-electron chi connectivity index (χ0n) is 40.8. The molecule has 0 amide bonds. The number of para-hydroxylation sites is 2. The first-order chi connectivity index (χ1) is 33.4. The van der Waals surface area contributed by atoms with Gasteiger partial charge in [0.25, 0.3) is 0 Å². The summed E-state index contributed by atoms with van der Waals surface area (Å²) in [5, 5.41) is 6.56. The number of rotatable bonds is 4. The highest BCUT2D eigenvalue weighted by Crippen LogP contribution is 2.48. The van der Waals surface area contributed by atoms with Crippen LogP contribution in [-0.2, 0) is 0 Å². The van der Waals surface area contributed by atoms with Crippen molar-refractivity contribution in [3.8, 4) is 0 Å². The number of fused-ring (bicyclic) bond motifs is 10. The number of aryl methyl sites for hydroxylation is 3. The normalized spacial score (nSPS) is 17.7. The van der Waals surface area contributed by atoms with Gasteiger partial charge in [-0.25, -0.2) is 15.0 Å². The van der Waals surface area contributed by atoms with Crippen molar-refractivity contribution in [3.05, 3.63) is 157 Å². The second kappa shape index (κ2) is 17.0. The molecule has 9 heterocycles. The number of nitrogens with zero attached hydrogens (tertiary/aromatic N) is 9. The molecule has 348 valence electrons. The van der Waals surface area contributed by atoms with Gasteiger partial charge >= 0.3 is 0 Å². The lowest BCUT2D eigenvalue weighted by molar-refractivity contribution is 0.263. The highest BCUT2D eigenvalue weighted by atomic mass is 16.3. The Morgan fingerprint density at radius 3 is 1.33 bits per heavy atom. The smallest absolute Gasteiger partial charge is 0.227 e. The van der Waals surface area contributed by atoms with Crippen molar-refractivity contribution in [1.29, 1.82) is 0 Å². The standard InChI is InChI=1S/C21H19N3O.C19H21N3O.C17H17N3O/c1-13-10-11-15-16-7-6-12-22-21(16)25-20(15)19(13)24-14(2)23(3)17-8-4-5-9-18(17)24;1-12(2)21-10-11-22(14(21)4)17-13(3)7-8-15-16-6-5-9-20-19(16)23-18(15)17;1-11-6-7-13-14-5-4-8-18-17(14)21-16(13)15(11)20-10-9-19(3)12(20)2/h4-12,14H,1-3H3;5-12,14H,1-4H3;4-10,12H,1-3H3. The molecule has 12 nitrogen and oxygen atoms in total. The third-order valence-corrected chi connectivity index (χ3v) is 14.3. The third kappa shape index (κ3) is 7.07. The quantitative estimate of drug-likeness (QED) is 0.168. The Bertz CT molecular complexity index is 3640. The van der Waals surface area contributed by atoms with Crippen molar-refractivity contribution >= 4 is 94.6 Å². The van der Waals surface area contributed by atoms with Crippen LogP contribution in [-0.4, -0.2) is 63.4 Å². The molecule has 0 bridgehead atoms. The van der Waals surface area contributed by atoms with Gasteiger partial charge in [0.1, 0.15) is 18.5 Å². The van der Waals surface area contributed by atoms with Crippen molar-refractivity contribution in [2.45, 2.75) is 79.9 Å². The van der Waals surface area contributed by atoms with Crippen molar-refractivity contribution in [2.24, 2.45) is 0 Å². The fourth-order valence-electron chi connectivity index (χ4n) is 10.4. The van der Waals surface area contributed by atoms with Gasteiger partial charge in [-0.1, -0.05) is 48.5 Å². The Morgan fingerprint density at radius 2 is 0.884 bits per heavy atom. The van der Waals surface area contributed by atoms with E-state index in [1.165, 1.54) is 28.1 Å². The molecule has 0 saturated heterocycles. The molecule has 6 aromatic heterocycles. The monoisotopic (exact) mass is 915 g/mol. The van der Waals surface area contributed by atoms with Gasteiger partial charge in [-0.3, -0.25) is 0 Å². The summed E-state index contributed by atoms with van der Waals surface area (Å²) in [5.74, 6) is 0. The molecule has 3 aliphatic rings. The largest absolute Gasteiger partial charge is 0.435 e. The Morgan fingerprint density at radius 1 is 0.449 bits per heavy atom. The number of pyridine rings is 3. The van der Waals surface area contributed by atoms with E-state index < -0.39 is 0 Å². The number of anilines is 5. The van der Waals surface area contributed by atoms with E-state index >= 15 is 0 Å². The highest BCUT2D eigenvalue weighted by molar-refractivity contribution is 6.11. The first kappa shape index (κ1) is 43.6. The molecular weight excluding hydrogens is 859 g/mol. The predicted molar refractivity (Wildman–Crippen MR) is 282 cm³/mol. The maximum atomic E-state index is 6.20. The van der Waals surface area contributed by atoms with Crippen molar-refractivity contribution in [2.75, 3.05) is 33.7 Å². The van der Waals surface area contributed by atoms with Crippen molar-refractivity contribution in [1.82, 2.24) is 24.8 Å². The minimum atomic E-state index is 0.211. The maximum Gasteiger partial charge on any atom is 0.227 e. The van der Waals surface area contributed by atoms with Gasteiger partial charge in [0.15, 0.2) is 16.7 Å². The molecular formula is C57H57N9O3. The van der Waals surface area contributed by atoms with Gasteiger partial charge in [-0.2, -0.15) is 0 Å². The van der Waals surface area contributed by atoms with E-state index in [0.29, 0.717) is 23.2 Å². The van der Waals surface area contributed by atoms with Crippen molar-refractivity contribution < 1.29 is 13.3 Å². The van der Waals surface area contributed by atoms with E-state index in [1.807, 2.05) is 18.2 Å². The number of aromatic nitrogens is 3. The van der Waals surface area contributed by atoms with Crippen LogP contribution in [0, 0.1) is 20.8 Å². The summed E-state index contributed by atoms with van der Waals surface area (Å²) >= 11 is 0. The Hall–Kier alpha value is -7.99. The third-order valence-electron chi connectivity index (χ3n) is 14.3. The second-order valence-electron chi connectivity index (χ2n) is 18.7. The van der Waals surface area contributed by atoms with Gasteiger partial charge < -0.3 is 42.7 Å². The Labute approximate surface area is 401 Å². The second-order valence-corrected chi connectivity index (χ2v) is 18.7. The molecule has 0 radical (unpaired) electrons. The van der Waals surface area contributed by atoms with Gasteiger partial charge in [-0.15, -0.1) is 0 Å². The average molecular weight is 916 g/mol. The fraction of sp³-hybridized carbons (Fsp3) is 0.246. The topological polar surface area (TPSA) is 97.5 Å². The van der Waals surface area contributed by atoms with Crippen LogP contribution in [0.5, 0.6) is 0 Å². The molecule has 0 fully saturated rings. The molecule has 0 spiro atoms. The van der Waals surface area contributed by atoms with Crippen LogP contribution in [0.1, 0.15) is 51.3 Å². The van der Waals surface area contributed by atoms with Gasteiger partial charge in [-0.05, 0) is 121 Å². The number of furan rings is 3. The van der Waals surface area contributed by atoms with Crippen LogP contribution in [0.15, 0.2) is 154 Å². The van der Waals surface area contributed by atoms with Gasteiger partial charge in [0.2, 0.25) is 17.1 Å². The predicted octanol–water partition coefficient (Wildman–Crippen LogP) is 13.7. The fourth-order valence-corrected chi connectivity index (χ4v) is 10.4. The Balaban J connectivity index is 0.000000114. The summed E-state index contributed by atoms with van der Waals surface area (Å²) in [7, 11) is 4.22. The Kier molecular flexibility index (Phi) is 10.7. The van der Waals surface area contributed by atoms with Crippen molar-refractivity contribution in [3.63, 3.8) is 0 Å². The van der Waals surface area contributed by atoms with Crippen LogP contribution in [0.3, 0.4) is 0 Å². The van der Waals surface area contributed by atoms with Crippen LogP contribution in [0.4, 0.5) is 28.4 Å². The van der Waals surface area contributed by atoms with Crippen LogP contribution < -0.4 is 19.6 Å². The van der Waals surface area contributed by atoms with E-state index in [-0.39, 0.29) is 18.5 Å². The summed E-state index contributed by atoms with van der Waals surface area (Å²) in [6, 6.07) is 33.9. The van der Waals surface area contributed by atoms with Gasteiger partial charge in [0, 0.05) is 95.8 Å². The molecule has 0 N–H and O–H groups in total. The molecule has 3 aliphatic heterocycles. The van der Waals surface area contributed by atoms with E-state index in [1.54, 1.807) is 18.6 Å². The zero-order valence-corrected chi connectivity index (χ0v) is 40.8. The molecule has 3 atom stereocenters. The zero-order chi connectivity index (χ0) is 47.8. The molecule has 69 heavy (non-hydrogen) atoms. The van der Waals surface area contributed by atoms with E-state index in [4.69, 9.17) is 13.3 Å². The van der Waals surface area contributed by atoms with E-state index in [0.717, 1.165) is 66.1 Å². The lowest BCUT2D eigenvalue weighted by atomic mass is 10.1. The number of hydrogen-bond donors (Lipinski definition) is 0. The van der Waals surface area contributed by atoms with Gasteiger partial charge in [0.05, 0.1) is 28.4 Å². The molecule has 0 saturated carbocycles. The minimum Gasteiger partial charge on any atom is -0.435 e. The summed E-state index contributed by atoms with van der Waals surface area (Å²) < 4.78 is 18.4. The van der Waals surface area contributed by atoms with E-state index in [2.05, 4.69) is 217 Å². The molecule has 13 rings (SSSR count). The van der Waals surface area contributed by atoms with Crippen LogP contribution in [0.2, 0.25) is 0 Å². The summed E-state index contributed by atoms with van der Waals surface area (Å²) in [6.45, 7) is 17.4. The molecule has 4 aromatic carbocycles. The molecule has 10 aromatic rings. The lowest BCUT2D eigenvalue weighted by Crippen LogP contribution is -2.39. The average Bonchev–Trinajstić information content (AvgIpc) is 4.21. The summed E-state index contributed by atoms with van der Waals surface area (Å²) in [5.41, 5.74) is 14.3. The maximum absolute atomic E-state index is 6.20. The highest BCUT2D eigenvalue weighted by Gasteiger charge is 2.34. The SMILES string of the molecule is Cc1ccc2c(oc3ncccc32)c1N1C=CN(C(C)C)C1C.Cc1ccc2c(oc3ncccc32)c1N1C=CN(C)C1C.Cc1ccc2c(oc3ncccc32)c1N1c2ccccc2N(C)C1C. The van der Waals surface area contributed by atoms with E-state index in [9.17, 15) is 0 Å². The first-order valence-corrected chi connectivity index (χ1v) is 23.8. The van der Waals surface area contributed by atoms with Crippen LogP contribution >= 0.6 is 0 Å². The summed E-state index contributed by atoms with van der Waals surface area (Å²) in [4.78, 5) is 26.8. The summed E-state index contributed by atoms with van der Waals surface area (Å²) in [6.07, 6.45) is 14.6. The number of hydrogen-bond acceptors (Lipinski definition) is 12. The van der Waals surface area contributed by atoms with Crippen LogP contribution in [0.25, 0.3) is 66.2 Å². The molecule has 0 aliphatic carbocycles. The number of benzene rings is 4.